The molecule has 2 aromatic rings. The van der Waals surface area contributed by atoms with Crippen LogP contribution in [0.1, 0.15) is 31.9 Å². The molecule has 0 aliphatic heterocycles. The Balaban J connectivity index is 2.09. The fourth-order valence-electron chi connectivity index (χ4n) is 2.56. The summed E-state index contributed by atoms with van der Waals surface area (Å²) >= 11 is 0. The van der Waals surface area contributed by atoms with Crippen molar-refractivity contribution in [3.05, 3.63) is 65.7 Å². The Labute approximate surface area is 166 Å². The molecule has 0 aromatic heterocycles. The number of hydrogen-bond acceptors (Lipinski definition) is 5. The lowest BCUT2D eigenvalue weighted by Crippen LogP contribution is -2.45. The topological polar surface area (TPSA) is 76.7 Å². The van der Waals surface area contributed by atoms with Gasteiger partial charge < -0.3 is 20.1 Å². The monoisotopic (exact) mass is 384 g/mol. The summed E-state index contributed by atoms with van der Waals surface area (Å²) in [7, 11) is 1.82. The van der Waals surface area contributed by atoms with E-state index in [4.69, 9.17) is 9.47 Å². The van der Waals surface area contributed by atoms with Crippen LogP contribution in [0.15, 0.2) is 54.6 Å². The van der Waals surface area contributed by atoms with Crippen LogP contribution in [-0.4, -0.2) is 30.8 Å². The van der Waals surface area contributed by atoms with Crippen LogP contribution in [0.5, 0.6) is 0 Å². The van der Waals surface area contributed by atoms with Gasteiger partial charge in [0, 0.05) is 19.2 Å². The second-order valence-electron chi connectivity index (χ2n) is 7.45. The van der Waals surface area contributed by atoms with Crippen molar-refractivity contribution in [3.8, 4) is 0 Å². The standard InChI is InChI=1S/C22H28N2O4/c1-22(2,3)28-21(26)24-19(14-17-11-8-12-18(13-17)23-4)20(25)27-15-16-9-6-5-7-10-16/h5-13,19,23H,14-15H2,1-4H3,(H,24,26)/t19-/m0/s1. The van der Waals surface area contributed by atoms with Crippen molar-refractivity contribution >= 4 is 17.7 Å². The second kappa shape index (κ2) is 9.78. The highest BCUT2D eigenvalue weighted by Crippen LogP contribution is 2.14. The Morgan fingerprint density at radius 2 is 1.68 bits per heavy atom. The lowest BCUT2D eigenvalue weighted by molar-refractivity contribution is -0.147. The van der Waals surface area contributed by atoms with Crippen LogP contribution in [0.2, 0.25) is 0 Å². The molecule has 1 atom stereocenters. The second-order valence-corrected chi connectivity index (χ2v) is 7.45. The zero-order valence-corrected chi connectivity index (χ0v) is 16.8. The molecule has 6 heteroatoms. The molecule has 2 rings (SSSR count). The number of anilines is 1. The molecule has 2 N–H and O–H groups in total. The molecule has 2 aromatic carbocycles. The molecule has 0 bridgehead atoms. The molecule has 28 heavy (non-hydrogen) atoms. The van der Waals surface area contributed by atoms with Crippen LogP contribution < -0.4 is 10.6 Å². The van der Waals surface area contributed by atoms with Crippen LogP contribution in [-0.2, 0) is 27.3 Å². The summed E-state index contributed by atoms with van der Waals surface area (Å²) in [5.41, 5.74) is 2.04. The molecule has 0 unspecified atom stereocenters. The van der Waals surface area contributed by atoms with Gasteiger partial charge in [-0.25, -0.2) is 9.59 Å². The van der Waals surface area contributed by atoms with Gasteiger partial charge in [0.05, 0.1) is 0 Å². The summed E-state index contributed by atoms with van der Waals surface area (Å²) in [5, 5.41) is 5.70. The van der Waals surface area contributed by atoms with Crippen LogP contribution in [0, 0.1) is 0 Å². The average molecular weight is 384 g/mol. The average Bonchev–Trinajstić information content (AvgIpc) is 2.65. The summed E-state index contributed by atoms with van der Waals surface area (Å²) in [4.78, 5) is 24.9. The number of benzene rings is 2. The van der Waals surface area contributed by atoms with E-state index >= 15 is 0 Å². The van der Waals surface area contributed by atoms with Crippen molar-refractivity contribution in [1.82, 2.24) is 5.32 Å². The number of amides is 1. The van der Waals surface area contributed by atoms with E-state index in [-0.39, 0.29) is 6.61 Å². The van der Waals surface area contributed by atoms with Gasteiger partial charge in [-0.2, -0.15) is 0 Å². The summed E-state index contributed by atoms with van der Waals surface area (Å²) in [6.07, 6.45) is -0.360. The quantitative estimate of drug-likeness (QED) is 0.708. The highest BCUT2D eigenvalue weighted by molar-refractivity contribution is 5.81. The van der Waals surface area contributed by atoms with Gasteiger partial charge >= 0.3 is 12.1 Å². The molecule has 6 nitrogen and oxygen atoms in total. The number of alkyl carbamates (subject to hydrolysis) is 1. The molecule has 0 aliphatic carbocycles. The normalized spacial score (nSPS) is 12.0. The Morgan fingerprint density at radius 1 is 1.00 bits per heavy atom. The van der Waals surface area contributed by atoms with Gasteiger partial charge in [-0.3, -0.25) is 0 Å². The SMILES string of the molecule is CNc1cccc(C[C@H](NC(=O)OC(C)(C)C)C(=O)OCc2ccccc2)c1. The minimum atomic E-state index is -0.856. The van der Waals surface area contributed by atoms with Crippen molar-refractivity contribution < 1.29 is 19.1 Å². The van der Waals surface area contributed by atoms with Gasteiger partial charge in [-0.1, -0.05) is 42.5 Å². The number of carbonyl (C=O) groups excluding carboxylic acids is 2. The Morgan fingerprint density at radius 3 is 2.32 bits per heavy atom. The lowest BCUT2D eigenvalue weighted by atomic mass is 10.1. The molecular weight excluding hydrogens is 356 g/mol. The lowest BCUT2D eigenvalue weighted by Gasteiger charge is -2.23. The van der Waals surface area contributed by atoms with Crippen molar-refractivity contribution in [2.24, 2.45) is 0 Å². The van der Waals surface area contributed by atoms with Crippen molar-refractivity contribution in [2.75, 3.05) is 12.4 Å². The van der Waals surface area contributed by atoms with Crippen LogP contribution in [0.25, 0.3) is 0 Å². The van der Waals surface area contributed by atoms with Gasteiger partial charge in [-0.05, 0) is 44.0 Å². The van der Waals surface area contributed by atoms with Crippen LogP contribution >= 0.6 is 0 Å². The third-order valence-electron chi connectivity index (χ3n) is 3.85. The third kappa shape index (κ3) is 7.31. The van der Waals surface area contributed by atoms with E-state index in [9.17, 15) is 9.59 Å². The van der Waals surface area contributed by atoms with Gasteiger partial charge in [-0.15, -0.1) is 0 Å². The summed E-state index contributed by atoms with van der Waals surface area (Å²) < 4.78 is 10.7. The first-order valence-electron chi connectivity index (χ1n) is 9.23. The maximum Gasteiger partial charge on any atom is 0.408 e. The Kier molecular flexibility index (Phi) is 7.44. The number of carbonyl (C=O) groups is 2. The van der Waals surface area contributed by atoms with Crippen LogP contribution in [0.4, 0.5) is 10.5 Å². The van der Waals surface area contributed by atoms with Gasteiger partial charge in [0.15, 0.2) is 0 Å². The zero-order chi connectivity index (χ0) is 20.6. The third-order valence-corrected chi connectivity index (χ3v) is 3.85. The molecule has 1 amide bonds. The predicted octanol–water partition coefficient (Wildman–Crippen LogP) is 3.91. The number of ether oxygens (including phenoxy) is 2. The zero-order valence-electron chi connectivity index (χ0n) is 16.8. The number of rotatable bonds is 7. The van der Waals surface area contributed by atoms with E-state index in [1.165, 1.54) is 0 Å². The first-order valence-corrected chi connectivity index (χ1v) is 9.23. The summed E-state index contributed by atoms with van der Waals surface area (Å²) in [6.45, 7) is 5.45. The fraction of sp³-hybridized carbons (Fsp3) is 0.364. The predicted molar refractivity (Wildman–Crippen MR) is 109 cm³/mol. The summed E-state index contributed by atoms with van der Waals surface area (Å²) in [5.74, 6) is -0.510. The highest BCUT2D eigenvalue weighted by Gasteiger charge is 2.26. The van der Waals surface area contributed by atoms with Crippen LogP contribution in [0.3, 0.4) is 0 Å². The minimum Gasteiger partial charge on any atom is -0.459 e. The molecule has 0 spiro atoms. The van der Waals surface area contributed by atoms with Gasteiger partial charge in [0.1, 0.15) is 18.2 Å². The number of esters is 1. The maximum absolute atomic E-state index is 12.7. The molecule has 0 aliphatic rings. The van der Waals surface area contributed by atoms with E-state index in [2.05, 4.69) is 10.6 Å². The Hall–Kier alpha value is -3.02. The molecule has 0 fully saturated rings. The number of nitrogens with one attached hydrogen (secondary N) is 2. The first-order chi connectivity index (χ1) is 13.3. The van der Waals surface area contributed by atoms with E-state index in [1.54, 1.807) is 20.8 Å². The van der Waals surface area contributed by atoms with E-state index in [0.717, 1.165) is 16.8 Å². The molecule has 0 saturated heterocycles. The van der Waals surface area contributed by atoms with Gasteiger partial charge in [0.2, 0.25) is 0 Å². The van der Waals surface area contributed by atoms with Crippen molar-refractivity contribution in [1.29, 1.82) is 0 Å². The van der Waals surface area contributed by atoms with Crippen molar-refractivity contribution in [3.63, 3.8) is 0 Å². The fourth-order valence-corrected chi connectivity index (χ4v) is 2.56. The highest BCUT2D eigenvalue weighted by atomic mass is 16.6. The maximum atomic E-state index is 12.7. The minimum absolute atomic E-state index is 0.142. The van der Waals surface area contributed by atoms with E-state index in [1.807, 2.05) is 61.6 Å². The molecule has 0 radical (unpaired) electrons. The molecule has 0 saturated carbocycles. The molecule has 0 heterocycles. The van der Waals surface area contributed by atoms with Crippen molar-refractivity contribution in [2.45, 2.75) is 45.4 Å². The molecular formula is C22H28N2O4. The summed E-state index contributed by atoms with van der Waals surface area (Å²) in [6, 6.07) is 16.2. The largest absolute Gasteiger partial charge is 0.459 e. The smallest absolute Gasteiger partial charge is 0.408 e. The first kappa shape index (κ1) is 21.3. The van der Waals surface area contributed by atoms with E-state index < -0.39 is 23.7 Å². The molecule has 150 valence electrons. The number of hydrogen-bond donors (Lipinski definition) is 2. The van der Waals surface area contributed by atoms with E-state index in [0.29, 0.717) is 6.42 Å². The Bertz CT molecular complexity index is 785. The van der Waals surface area contributed by atoms with Gasteiger partial charge in [0.25, 0.3) is 0 Å².